The maximum Gasteiger partial charge on any atom is 0.0784 e. The van der Waals surface area contributed by atoms with Crippen molar-refractivity contribution in [3.63, 3.8) is 0 Å². The summed E-state index contributed by atoms with van der Waals surface area (Å²) in [5.74, 6) is 0. The molecule has 0 aliphatic rings. The molecule has 0 aliphatic carbocycles. The van der Waals surface area contributed by atoms with E-state index in [0.29, 0.717) is 12.7 Å². The standard InChI is InChI=1S/C14H31NO2/c1-7-16-11-13(3)17-12(2)9-8-10-15-14(4,5)6/h12-13,15H,7-11H2,1-6H3. The van der Waals surface area contributed by atoms with Crippen LogP contribution < -0.4 is 5.32 Å². The number of ether oxygens (including phenoxy) is 2. The molecule has 0 aliphatic heterocycles. The van der Waals surface area contributed by atoms with E-state index in [4.69, 9.17) is 9.47 Å². The Bertz CT molecular complexity index is 178. The quantitative estimate of drug-likeness (QED) is 0.633. The van der Waals surface area contributed by atoms with Crippen molar-refractivity contribution in [2.45, 2.75) is 72.1 Å². The van der Waals surface area contributed by atoms with Gasteiger partial charge in [0.25, 0.3) is 0 Å². The van der Waals surface area contributed by atoms with Crippen molar-refractivity contribution in [1.82, 2.24) is 5.32 Å². The summed E-state index contributed by atoms with van der Waals surface area (Å²) in [5, 5.41) is 3.48. The summed E-state index contributed by atoms with van der Waals surface area (Å²) in [6, 6.07) is 0. The molecule has 0 radical (unpaired) electrons. The first kappa shape index (κ1) is 16.9. The lowest BCUT2D eigenvalue weighted by atomic mass is 10.1. The Labute approximate surface area is 107 Å². The molecule has 0 spiro atoms. The van der Waals surface area contributed by atoms with Crippen LogP contribution in [0.15, 0.2) is 0 Å². The van der Waals surface area contributed by atoms with Crippen LogP contribution in [0.3, 0.4) is 0 Å². The molecule has 0 aromatic carbocycles. The molecule has 0 aromatic heterocycles. The monoisotopic (exact) mass is 245 g/mol. The minimum absolute atomic E-state index is 0.195. The predicted molar refractivity (Wildman–Crippen MR) is 73.5 cm³/mol. The lowest BCUT2D eigenvalue weighted by molar-refractivity contribution is -0.0423. The third-order valence-electron chi connectivity index (χ3n) is 2.46. The number of hydrogen-bond acceptors (Lipinski definition) is 3. The molecule has 0 amide bonds. The zero-order chi connectivity index (χ0) is 13.3. The number of hydrogen-bond donors (Lipinski definition) is 1. The lowest BCUT2D eigenvalue weighted by Gasteiger charge is -2.22. The van der Waals surface area contributed by atoms with Gasteiger partial charge in [0, 0.05) is 12.1 Å². The molecule has 2 unspecified atom stereocenters. The third kappa shape index (κ3) is 12.1. The van der Waals surface area contributed by atoms with Crippen LogP contribution >= 0.6 is 0 Å². The fourth-order valence-electron chi connectivity index (χ4n) is 1.64. The van der Waals surface area contributed by atoms with Gasteiger partial charge in [-0.15, -0.1) is 0 Å². The summed E-state index contributed by atoms with van der Waals surface area (Å²) in [6.07, 6.45) is 2.76. The predicted octanol–water partition coefficient (Wildman–Crippen LogP) is 2.98. The van der Waals surface area contributed by atoms with Gasteiger partial charge in [0.05, 0.1) is 18.8 Å². The van der Waals surface area contributed by atoms with Crippen molar-refractivity contribution in [2.24, 2.45) is 0 Å². The van der Waals surface area contributed by atoms with Crippen molar-refractivity contribution in [3.05, 3.63) is 0 Å². The summed E-state index contributed by atoms with van der Waals surface area (Å²) >= 11 is 0. The highest BCUT2D eigenvalue weighted by Crippen LogP contribution is 2.06. The van der Waals surface area contributed by atoms with E-state index >= 15 is 0 Å². The van der Waals surface area contributed by atoms with Gasteiger partial charge >= 0.3 is 0 Å². The maximum absolute atomic E-state index is 5.83. The van der Waals surface area contributed by atoms with Crippen molar-refractivity contribution in [3.8, 4) is 0 Å². The highest BCUT2D eigenvalue weighted by atomic mass is 16.5. The molecular weight excluding hydrogens is 214 g/mol. The molecule has 0 fully saturated rings. The Balaban J connectivity index is 3.49. The Kier molecular flexibility index (Phi) is 8.83. The largest absolute Gasteiger partial charge is 0.379 e. The van der Waals surface area contributed by atoms with Crippen LogP contribution in [0.1, 0.15) is 54.4 Å². The van der Waals surface area contributed by atoms with Gasteiger partial charge in [0.1, 0.15) is 0 Å². The molecule has 1 N–H and O–H groups in total. The molecule has 0 rings (SSSR count). The number of rotatable bonds is 9. The molecule has 2 atom stereocenters. The van der Waals surface area contributed by atoms with Crippen LogP contribution in [-0.4, -0.2) is 37.5 Å². The van der Waals surface area contributed by atoms with E-state index in [0.717, 1.165) is 26.0 Å². The first-order chi connectivity index (χ1) is 7.85. The van der Waals surface area contributed by atoms with E-state index in [2.05, 4.69) is 39.9 Å². The highest BCUT2D eigenvalue weighted by molar-refractivity contribution is 4.70. The molecule has 0 saturated heterocycles. The van der Waals surface area contributed by atoms with Gasteiger partial charge in [0.15, 0.2) is 0 Å². The van der Waals surface area contributed by atoms with Crippen LogP contribution in [0.4, 0.5) is 0 Å². The fourth-order valence-corrected chi connectivity index (χ4v) is 1.64. The van der Waals surface area contributed by atoms with Crippen molar-refractivity contribution in [1.29, 1.82) is 0 Å². The molecule has 0 saturated carbocycles. The van der Waals surface area contributed by atoms with E-state index in [1.807, 2.05) is 6.92 Å². The molecule has 17 heavy (non-hydrogen) atoms. The van der Waals surface area contributed by atoms with E-state index in [-0.39, 0.29) is 11.6 Å². The van der Waals surface area contributed by atoms with Crippen LogP contribution in [0.2, 0.25) is 0 Å². The summed E-state index contributed by atoms with van der Waals surface area (Å²) in [5.41, 5.74) is 0.215. The van der Waals surface area contributed by atoms with Crippen molar-refractivity contribution in [2.75, 3.05) is 19.8 Å². The van der Waals surface area contributed by atoms with Crippen LogP contribution in [0, 0.1) is 0 Å². The molecule has 0 bridgehead atoms. The lowest BCUT2D eigenvalue weighted by Crippen LogP contribution is -2.36. The van der Waals surface area contributed by atoms with Crippen molar-refractivity contribution < 1.29 is 9.47 Å². The molecule has 0 heterocycles. The Hall–Kier alpha value is -0.120. The molecule has 0 aromatic rings. The first-order valence-electron chi connectivity index (χ1n) is 6.83. The summed E-state index contributed by atoms with van der Waals surface area (Å²) in [4.78, 5) is 0. The topological polar surface area (TPSA) is 30.5 Å². The van der Waals surface area contributed by atoms with Gasteiger partial charge in [-0.25, -0.2) is 0 Å². The third-order valence-corrected chi connectivity index (χ3v) is 2.46. The second-order valence-corrected chi connectivity index (χ2v) is 5.74. The first-order valence-corrected chi connectivity index (χ1v) is 6.83. The average Bonchev–Trinajstić information content (AvgIpc) is 2.20. The molecule has 3 heteroatoms. The van der Waals surface area contributed by atoms with E-state index in [1.165, 1.54) is 0 Å². The molecule has 3 nitrogen and oxygen atoms in total. The second kappa shape index (κ2) is 8.90. The minimum atomic E-state index is 0.195. The van der Waals surface area contributed by atoms with Crippen LogP contribution in [0.5, 0.6) is 0 Å². The van der Waals surface area contributed by atoms with E-state index in [1.54, 1.807) is 0 Å². The smallest absolute Gasteiger partial charge is 0.0784 e. The maximum atomic E-state index is 5.83. The summed E-state index contributed by atoms with van der Waals surface area (Å²) in [7, 11) is 0. The Morgan fingerprint density at radius 2 is 1.76 bits per heavy atom. The van der Waals surface area contributed by atoms with E-state index in [9.17, 15) is 0 Å². The summed E-state index contributed by atoms with van der Waals surface area (Å²) < 4.78 is 11.2. The fraction of sp³-hybridized carbons (Fsp3) is 1.00. The summed E-state index contributed by atoms with van der Waals surface area (Å²) in [6.45, 7) is 15.3. The van der Waals surface area contributed by atoms with Gasteiger partial charge in [-0.2, -0.15) is 0 Å². The molecule has 104 valence electrons. The zero-order valence-corrected chi connectivity index (χ0v) is 12.5. The SMILES string of the molecule is CCOCC(C)OC(C)CCCNC(C)(C)C. The van der Waals surface area contributed by atoms with Gasteiger partial charge in [-0.05, 0) is 60.9 Å². The zero-order valence-electron chi connectivity index (χ0n) is 12.5. The van der Waals surface area contributed by atoms with Gasteiger partial charge in [-0.3, -0.25) is 0 Å². The highest BCUT2D eigenvalue weighted by Gasteiger charge is 2.10. The Morgan fingerprint density at radius 3 is 2.29 bits per heavy atom. The second-order valence-electron chi connectivity index (χ2n) is 5.74. The van der Waals surface area contributed by atoms with Gasteiger partial charge in [0.2, 0.25) is 0 Å². The average molecular weight is 245 g/mol. The number of nitrogens with one attached hydrogen (secondary N) is 1. The van der Waals surface area contributed by atoms with Crippen LogP contribution in [-0.2, 0) is 9.47 Å². The normalized spacial score (nSPS) is 15.9. The minimum Gasteiger partial charge on any atom is -0.379 e. The molecular formula is C14H31NO2. The van der Waals surface area contributed by atoms with E-state index < -0.39 is 0 Å². The van der Waals surface area contributed by atoms with Crippen molar-refractivity contribution >= 4 is 0 Å². The Morgan fingerprint density at radius 1 is 1.12 bits per heavy atom. The van der Waals surface area contributed by atoms with Crippen LogP contribution in [0.25, 0.3) is 0 Å². The van der Waals surface area contributed by atoms with Gasteiger partial charge in [-0.1, -0.05) is 0 Å². The van der Waals surface area contributed by atoms with Gasteiger partial charge < -0.3 is 14.8 Å².